The molecule has 4 heteroatoms. The van der Waals surface area contributed by atoms with Gasteiger partial charge in [0.1, 0.15) is 0 Å². The summed E-state index contributed by atoms with van der Waals surface area (Å²) in [5, 5.41) is 0.747. The van der Waals surface area contributed by atoms with Crippen LogP contribution in [0, 0.1) is 34.6 Å². The summed E-state index contributed by atoms with van der Waals surface area (Å²) in [7, 11) is -3.22. The largest absolute Gasteiger partial charge is 0.361 e. The fourth-order valence-corrected chi connectivity index (χ4v) is 4.57. The van der Waals surface area contributed by atoms with E-state index in [2.05, 4.69) is 20.8 Å². The number of benzene rings is 1. The lowest BCUT2D eigenvalue weighted by atomic mass is 9.95. The van der Waals surface area contributed by atoms with Gasteiger partial charge in [-0.3, -0.25) is 4.57 Å². The number of rotatable bonds is 5. The zero-order chi connectivity index (χ0) is 14.8. The average molecular weight is 284 g/mol. The van der Waals surface area contributed by atoms with Crippen LogP contribution in [0.2, 0.25) is 0 Å². The minimum Gasteiger partial charge on any atom is -0.305 e. The first-order chi connectivity index (χ1) is 8.80. The minimum absolute atomic E-state index is 0.377. The maximum Gasteiger partial charge on any atom is 0.361 e. The predicted octanol–water partition coefficient (Wildman–Crippen LogP) is 4.12. The van der Waals surface area contributed by atoms with Gasteiger partial charge < -0.3 is 9.05 Å². The number of hydrogen-bond acceptors (Lipinski definition) is 3. The van der Waals surface area contributed by atoms with Crippen LogP contribution in [0.3, 0.4) is 0 Å². The van der Waals surface area contributed by atoms with Gasteiger partial charge in [-0.1, -0.05) is 0 Å². The third-order valence-corrected chi connectivity index (χ3v) is 6.25. The monoisotopic (exact) mass is 284 g/mol. The Kier molecular flexibility index (Phi) is 5.37. The van der Waals surface area contributed by atoms with E-state index in [4.69, 9.17) is 9.05 Å². The van der Waals surface area contributed by atoms with Crippen LogP contribution < -0.4 is 5.30 Å². The molecule has 1 aromatic rings. The minimum atomic E-state index is -3.22. The first-order valence-electron chi connectivity index (χ1n) is 6.76. The summed E-state index contributed by atoms with van der Waals surface area (Å²) >= 11 is 0. The smallest absolute Gasteiger partial charge is 0.305 e. The zero-order valence-corrected chi connectivity index (χ0v) is 14.0. The molecule has 0 saturated heterocycles. The van der Waals surface area contributed by atoms with E-state index in [0.29, 0.717) is 13.2 Å². The summed E-state index contributed by atoms with van der Waals surface area (Å²) < 4.78 is 24.0. The van der Waals surface area contributed by atoms with Gasteiger partial charge in [-0.2, -0.15) is 0 Å². The molecule has 3 nitrogen and oxygen atoms in total. The average Bonchev–Trinajstić information content (AvgIpc) is 2.34. The van der Waals surface area contributed by atoms with Crippen LogP contribution in [0.1, 0.15) is 41.7 Å². The van der Waals surface area contributed by atoms with E-state index < -0.39 is 7.60 Å². The molecule has 0 aliphatic heterocycles. The van der Waals surface area contributed by atoms with Gasteiger partial charge in [0.05, 0.1) is 18.5 Å². The Labute approximate surface area is 116 Å². The molecule has 0 heterocycles. The molecule has 0 aliphatic rings. The van der Waals surface area contributed by atoms with Crippen LogP contribution in [0.5, 0.6) is 0 Å². The van der Waals surface area contributed by atoms with Gasteiger partial charge in [-0.25, -0.2) is 0 Å². The quantitative estimate of drug-likeness (QED) is 0.763. The molecule has 19 heavy (non-hydrogen) atoms. The molecule has 0 amide bonds. The standard InChI is InChI=1S/C15H25O3P/c1-8-17-19(16,18-9-2)15-13(6)11(4)10(3)12(5)14(15)7/h8-9H2,1-7H3. The van der Waals surface area contributed by atoms with Crippen molar-refractivity contribution in [2.24, 2.45) is 0 Å². The van der Waals surface area contributed by atoms with Crippen LogP contribution >= 0.6 is 7.60 Å². The second-order valence-electron chi connectivity index (χ2n) is 4.81. The Morgan fingerprint density at radius 1 is 0.737 bits per heavy atom. The molecule has 108 valence electrons. The second kappa shape index (κ2) is 6.21. The molecule has 0 fully saturated rings. The highest BCUT2D eigenvalue weighted by atomic mass is 31.2. The van der Waals surface area contributed by atoms with Crippen molar-refractivity contribution in [2.75, 3.05) is 13.2 Å². The van der Waals surface area contributed by atoms with E-state index in [1.165, 1.54) is 5.56 Å². The van der Waals surface area contributed by atoms with Crippen LogP contribution in [-0.4, -0.2) is 13.2 Å². The normalized spacial score (nSPS) is 11.9. The molecule has 0 atom stereocenters. The highest BCUT2D eigenvalue weighted by molar-refractivity contribution is 7.62. The van der Waals surface area contributed by atoms with Crippen molar-refractivity contribution in [2.45, 2.75) is 48.5 Å². The van der Waals surface area contributed by atoms with Crippen molar-refractivity contribution in [1.82, 2.24) is 0 Å². The first-order valence-corrected chi connectivity index (χ1v) is 8.31. The first kappa shape index (κ1) is 16.4. The molecular formula is C15H25O3P. The third kappa shape index (κ3) is 2.94. The van der Waals surface area contributed by atoms with Crippen LogP contribution in [0.15, 0.2) is 0 Å². The Morgan fingerprint density at radius 2 is 1.05 bits per heavy atom. The lowest BCUT2D eigenvalue weighted by molar-refractivity contribution is 0.229. The Balaban J connectivity index is 3.61. The molecule has 0 radical (unpaired) electrons. The van der Waals surface area contributed by atoms with Gasteiger partial charge in [-0.05, 0) is 76.3 Å². The summed E-state index contributed by atoms with van der Waals surface area (Å²) in [5.74, 6) is 0. The van der Waals surface area contributed by atoms with Crippen molar-refractivity contribution in [3.05, 3.63) is 27.8 Å². The summed E-state index contributed by atoms with van der Waals surface area (Å²) in [5.41, 5.74) is 5.62. The third-order valence-electron chi connectivity index (χ3n) is 3.83. The lowest BCUT2D eigenvalue weighted by Gasteiger charge is -2.24. The van der Waals surface area contributed by atoms with Crippen molar-refractivity contribution in [1.29, 1.82) is 0 Å². The molecule has 1 aromatic carbocycles. The van der Waals surface area contributed by atoms with Crippen molar-refractivity contribution >= 4 is 12.9 Å². The van der Waals surface area contributed by atoms with E-state index in [0.717, 1.165) is 27.6 Å². The molecule has 0 aromatic heterocycles. The van der Waals surface area contributed by atoms with Gasteiger partial charge in [0.25, 0.3) is 0 Å². The van der Waals surface area contributed by atoms with Crippen LogP contribution in [-0.2, 0) is 13.6 Å². The maximum atomic E-state index is 13.0. The molecule has 0 unspecified atom stereocenters. The van der Waals surface area contributed by atoms with Gasteiger partial charge in [0.15, 0.2) is 0 Å². The van der Waals surface area contributed by atoms with E-state index in [1.807, 2.05) is 27.7 Å². The maximum absolute atomic E-state index is 13.0. The van der Waals surface area contributed by atoms with Crippen LogP contribution in [0.4, 0.5) is 0 Å². The highest BCUT2D eigenvalue weighted by Crippen LogP contribution is 2.49. The molecule has 0 bridgehead atoms. The fraction of sp³-hybridized carbons (Fsp3) is 0.600. The lowest BCUT2D eigenvalue weighted by Crippen LogP contribution is -2.20. The molecular weight excluding hydrogens is 259 g/mol. The Morgan fingerprint density at radius 3 is 1.37 bits per heavy atom. The topological polar surface area (TPSA) is 35.5 Å². The van der Waals surface area contributed by atoms with Gasteiger partial charge in [-0.15, -0.1) is 0 Å². The zero-order valence-electron chi connectivity index (χ0n) is 13.1. The molecule has 0 aliphatic carbocycles. The Hall–Kier alpha value is -0.630. The van der Waals surface area contributed by atoms with E-state index in [-0.39, 0.29) is 0 Å². The summed E-state index contributed by atoms with van der Waals surface area (Å²) in [6.45, 7) is 14.6. The molecule has 1 rings (SSSR count). The van der Waals surface area contributed by atoms with E-state index in [9.17, 15) is 4.57 Å². The van der Waals surface area contributed by atoms with Crippen molar-refractivity contribution in [3.8, 4) is 0 Å². The fourth-order valence-electron chi connectivity index (χ4n) is 2.40. The predicted molar refractivity (Wildman–Crippen MR) is 80.6 cm³/mol. The summed E-state index contributed by atoms with van der Waals surface area (Å²) in [6.07, 6.45) is 0. The Bertz CT molecular complexity index is 482. The summed E-state index contributed by atoms with van der Waals surface area (Å²) in [4.78, 5) is 0. The number of hydrogen-bond donors (Lipinski definition) is 0. The van der Waals surface area contributed by atoms with Crippen LogP contribution in [0.25, 0.3) is 0 Å². The van der Waals surface area contributed by atoms with Crippen molar-refractivity contribution in [3.63, 3.8) is 0 Å². The SMILES string of the molecule is CCOP(=O)(OCC)c1c(C)c(C)c(C)c(C)c1C. The van der Waals surface area contributed by atoms with E-state index >= 15 is 0 Å². The van der Waals surface area contributed by atoms with Crippen molar-refractivity contribution < 1.29 is 13.6 Å². The molecule has 0 saturated carbocycles. The van der Waals surface area contributed by atoms with Gasteiger partial charge in [0, 0.05) is 0 Å². The molecule has 0 N–H and O–H groups in total. The highest BCUT2D eigenvalue weighted by Gasteiger charge is 2.32. The van der Waals surface area contributed by atoms with Gasteiger partial charge >= 0.3 is 7.60 Å². The summed E-state index contributed by atoms with van der Waals surface area (Å²) in [6, 6.07) is 0. The van der Waals surface area contributed by atoms with Gasteiger partial charge in [0.2, 0.25) is 0 Å². The molecule has 0 spiro atoms. The second-order valence-corrected chi connectivity index (χ2v) is 6.77. The van der Waals surface area contributed by atoms with E-state index in [1.54, 1.807) is 0 Å².